The molecule has 0 saturated heterocycles. The van der Waals surface area contributed by atoms with Crippen molar-refractivity contribution in [1.82, 2.24) is 0 Å². The van der Waals surface area contributed by atoms with Gasteiger partial charge in [-0.15, -0.1) is 0 Å². The molecule has 0 radical (unpaired) electrons. The molecule has 0 fully saturated rings. The van der Waals surface area contributed by atoms with Gasteiger partial charge in [-0.3, -0.25) is 0 Å². The van der Waals surface area contributed by atoms with Crippen molar-refractivity contribution in [2.45, 2.75) is 32.6 Å². The zero-order valence-electron chi connectivity index (χ0n) is 12.4. The molecule has 2 rings (SSSR count). The summed E-state index contributed by atoms with van der Waals surface area (Å²) < 4.78 is 0. The predicted molar refractivity (Wildman–Crippen MR) is 91.7 cm³/mol. The predicted octanol–water partition coefficient (Wildman–Crippen LogP) is 5.61. The van der Waals surface area contributed by atoms with Crippen molar-refractivity contribution in [1.29, 1.82) is 0 Å². The number of hydrogen-bond acceptors (Lipinski definition) is 0. The van der Waals surface area contributed by atoms with Gasteiger partial charge in [0.1, 0.15) is 0 Å². The summed E-state index contributed by atoms with van der Waals surface area (Å²) in [5, 5.41) is 1.05. The van der Waals surface area contributed by atoms with Crippen molar-refractivity contribution in [2.24, 2.45) is 5.92 Å². The molecule has 2 aromatic carbocycles. The first-order chi connectivity index (χ1) is 9.69. The van der Waals surface area contributed by atoms with Gasteiger partial charge in [0.2, 0.25) is 0 Å². The molecule has 0 bridgehead atoms. The zero-order valence-corrected chi connectivity index (χ0v) is 13.9. The number of hydrogen-bond donors (Lipinski definition) is 0. The van der Waals surface area contributed by atoms with Crippen LogP contribution in [0.25, 0.3) is 0 Å². The Hall–Kier alpha value is -1.08. The van der Waals surface area contributed by atoms with Gasteiger partial charge in [-0.2, -0.15) is 0 Å². The summed E-state index contributed by atoms with van der Waals surface area (Å²) in [4.78, 5) is 0. The van der Waals surface area contributed by atoms with Crippen LogP contribution < -0.4 is 0 Å². The largest absolute Gasteiger partial charge is 0.0925 e. The van der Waals surface area contributed by atoms with Gasteiger partial charge in [-0.1, -0.05) is 84.4 Å². The van der Waals surface area contributed by atoms with Crippen molar-refractivity contribution >= 4 is 15.9 Å². The average Bonchev–Trinajstić information content (AvgIpc) is 2.48. The van der Waals surface area contributed by atoms with Gasteiger partial charge < -0.3 is 0 Å². The minimum Gasteiger partial charge on any atom is -0.0925 e. The molecule has 2 aromatic rings. The molecular formula is C19H23Br. The molecular weight excluding hydrogens is 308 g/mol. The van der Waals surface area contributed by atoms with E-state index in [9.17, 15) is 0 Å². The van der Waals surface area contributed by atoms with Crippen LogP contribution in [-0.4, -0.2) is 5.33 Å². The Bertz CT molecular complexity index is 499. The van der Waals surface area contributed by atoms with Crippen molar-refractivity contribution < 1.29 is 0 Å². The van der Waals surface area contributed by atoms with Crippen LogP contribution >= 0.6 is 15.9 Å². The lowest BCUT2D eigenvalue weighted by Gasteiger charge is -2.15. The highest BCUT2D eigenvalue weighted by Gasteiger charge is 2.10. The van der Waals surface area contributed by atoms with Gasteiger partial charge in [-0.25, -0.2) is 0 Å². The Balaban J connectivity index is 1.99. The summed E-state index contributed by atoms with van der Waals surface area (Å²) in [6.07, 6.45) is 2.27. The molecule has 0 nitrogen and oxygen atoms in total. The van der Waals surface area contributed by atoms with Crippen LogP contribution in [0, 0.1) is 5.92 Å². The minimum absolute atomic E-state index is 0.611. The third kappa shape index (κ3) is 4.49. The third-order valence-electron chi connectivity index (χ3n) is 3.76. The molecule has 0 aromatic heterocycles. The molecule has 0 spiro atoms. The van der Waals surface area contributed by atoms with Crippen molar-refractivity contribution in [3.8, 4) is 0 Å². The first-order valence-electron chi connectivity index (χ1n) is 7.37. The molecule has 0 aliphatic rings. The molecule has 1 atom stereocenters. The van der Waals surface area contributed by atoms with Crippen LogP contribution in [0.4, 0.5) is 0 Å². The first-order valence-corrected chi connectivity index (χ1v) is 8.50. The van der Waals surface area contributed by atoms with Gasteiger partial charge in [-0.05, 0) is 41.4 Å². The minimum atomic E-state index is 0.611. The van der Waals surface area contributed by atoms with E-state index in [0.717, 1.165) is 18.2 Å². The second-order valence-corrected chi connectivity index (χ2v) is 6.46. The van der Waals surface area contributed by atoms with E-state index in [-0.39, 0.29) is 0 Å². The van der Waals surface area contributed by atoms with E-state index in [4.69, 9.17) is 0 Å². The monoisotopic (exact) mass is 330 g/mol. The van der Waals surface area contributed by atoms with Gasteiger partial charge in [0.05, 0.1) is 0 Å². The lowest BCUT2D eigenvalue weighted by Crippen LogP contribution is -2.10. The van der Waals surface area contributed by atoms with Crippen molar-refractivity contribution in [2.75, 3.05) is 5.33 Å². The van der Waals surface area contributed by atoms with E-state index in [1.165, 1.54) is 16.7 Å². The Kier molecular flexibility index (Phi) is 5.85. The molecule has 0 amide bonds. The number of alkyl halides is 1. The number of halogens is 1. The van der Waals surface area contributed by atoms with E-state index in [1.807, 2.05) is 0 Å². The summed E-state index contributed by atoms with van der Waals surface area (Å²) in [5.74, 6) is 1.27. The molecule has 0 saturated carbocycles. The average molecular weight is 331 g/mol. The highest BCUT2D eigenvalue weighted by atomic mass is 79.9. The zero-order chi connectivity index (χ0) is 14.4. The normalized spacial score (nSPS) is 12.6. The van der Waals surface area contributed by atoms with Crippen LogP contribution in [0.3, 0.4) is 0 Å². The molecule has 1 heteroatoms. The maximum Gasteiger partial charge on any atom is 0.00660 e. The molecule has 0 aliphatic carbocycles. The first kappa shape index (κ1) is 15.3. The number of benzene rings is 2. The number of rotatable bonds is 6. The standard InChI is InChI=1S/C19H23Br/c1-15(2)19-10-8-17(9-11-19)13-18(14-20)12-16-6-4-3-5-7-16/h3-11,15,18H,12-14H2,1-2H3. The molecule has 1 unspecified atom stereocenters. The summed E-state index contributed by atoms with van der Waals surface area (Å²) in [7, 11) is 0. The molecule has 0 N–H and O–H groups in total. The fourth-order valence-electron chi connectivity index (χ4n) is 2.50. The Morgan fingerprint density at radius 3 is 1.85 bits per heavy atom. The molecule has 20 heavy (non-hydrogen) atoms. The highest BCUT2D eigenvalue weighted by molar-refractivity contribution is 9.09. The highest BCUT2D eigenvalue weighted by Crippen LogP contribution is 2.19. The van der Waals surface area contributed by atoms with E-state index >= 15 is 0 Å². The Labute approximate surface area is 131 Å². The van der Waals surface area contributed by atoms with Gasteiger partial charge in [0.25, 0.3) is 0 Å². The second-order valence-electron chi connectivity index (χ2n) is 5.81. The van der Waals surface area contributed by atoms with E-state index in [0.29, 0.717) is 11.8 Å². The Morgan fingerprint density at radius 2 is 1.35 bits per heavy atom. The van der Waals surface area contributed by atoms with Crippen molar-refractivity contribution in [3.63, 3.8) is 0 Å². The summed E-state index contributed by atoms with van der Waals surface area (Å²) in [5.41, 5.74) is 4.29. The summed E-state index contributed by atoms with van der Waals surface area (Å²) >= 11 is 3.67. The smallest absolute Gasteiger partial charge is 0.00660 e. The van der Waals surface area contributed by atoms with Crippen LogP contribution in [0.2, 0.25) is 0 Å². The fourth-order valence-corrected chi connectivity index (χ4v) is 2.96. The Morgan fingerprint density at radius 1 is 0.800 bits per heavy atom. The van der Waals surface area contributed by atoms with E-state index in [2.05, 4.69) is 84.4 Å². The van der Waals surface area contributed by atoms with Crippen LogP contribution in [0.5, 0.6) is 0 Å². The van der Waals surface area contributed by atoms with Gasteiger partial charge in [0, 0.05) is 5.33 Å². The maximum atomic E-state index is 3.67. The van der Waals surface area contributed by atoms with Crippen molar-refractivity contribution in [3.05, 3.63) is 71.3 Å². The van der Waals surface area contributed by atoms with Gasteiger partial charge >= 0.3 is 0 Å². The topological polar surface area (TPSA) is 0 Å². The SMILES string of the molecule is CC(C)c1ccc(CC(CBr)Cc2ccccc2)cc1. The van der Waals surface area contributed by atoms with E-state index in [1.54, 1.807) is 0 Å². The third-order valence-corrected chi connectivity index (χ3v) is 4.67. The van der Waals surface area contributed by atoms with Crippen LogP contribution in [-0.2, 0) is 12.8 Å². The molecule has 106 valence electrons. The van der Waals surface area contributed by atoms with E-state index < -0.39 is 0 Å². The molecule has 0 heterocycles. The quantitative estimate of drug-likeness (QED) is 0.604. The van der Waals surface area contributed by atoms with Crippen LogP contribution in [0.15, 0.2) is 54.6 Å². The summed E-state index contributed by atoms with van der Waals surface area (Å²) in [6, 6.07) is 19.9. The van der Waals surface area contributed by atoms with Gasteiger partial charge in [0.15, 0.2) is 0 Å². The lowest BCUT2D eigenvalue weighted by molar-refractivity contribution is 0.591. The van der Waals surface area contributed by atoms with Crippen LogP contribution in [0.1, 0.15) is 36.5 Å². The summed E-state index contributed by atoms with van der Waals surface area (Å²) in [6.45, 7) is 4.48. The second kappa shape index (κ2) is 7.64. The molecule has 0 aliphatic heterocycles. The lowest BCUT2D eigenvalue weighted by atomic mass is 9.93. The fraction of sp³-hybridized carbons (Fsp3) is 0.368. The maximum absolute atomic E-state index is 3.67.